The number of nitrogens with zero attached hydrogens (tertiary/aromatic N) is 2. The van der Waals surface area contributed by atoms with Crippen molar-refractivity contribution in [3.8, 4) is 11.3 Å². The lowest BCUT2D eigenvalue weighted by molar-refractivity contribution is 0.101. The SMILES string of the molecule is CC(=O)c1cccc(-c2csc(N3CCOCC3)n2)c1. The maximum atomic E-state index is 11.4. The molecule has 3 rings (SSSR count). The van der Waals surface area contributed by atoms with Gasteiger partial charge in [-0.3, -0.25) is 4.79 Å². The van der Waals surface area contributed by atoms with E-state index in [9.17, 15) is 4.79 Å². The Labute approximate surface area is 122 Å². The summed E-state index contributed by atoms with van der Waals surface area (Å²) in [7, 11) is 0. The fourth-order valence-electron chi connectivity index (χ4n) is 2.19. The van der Waals surface area contributed by atoms with E-state index in [1.807, 2.05) is 29.6 Å². The maximum Gasteiger partial charge on any atom is 0.186 e. The fourth-order valence-corrected chi connectivity index (χ4v) is 3.08. The van der Waals surface area contributed by atoms with E-state index in [4.69, 9.17) is 4.74 Å². The number of hydrogen-bond donors (Lipinski definition) is 0. The zero-order chi connectivity index (χ0) is 13.9. The molecule has 2 aromatic rings. The molecule has 0 atom stereocenters. The monoisotopic (exact) mass is 288 g/mol. The summed E-state index contributed by atoms with van der Waals surface area (Å²) < 4.78 is 5.35. The zero-order valence-corrected chi connectivity index (χ0v) is 12.2. The lowest BCUT2D eigenvalue weighted by Crippen LogP contribution is -2.36. The van der Waals surface area contributed by atoms with Crippen molar-refractivity contribution in [3.05, 3.63) is 35.2 Å². The Kier molecular flexibility index (Phi) is 3.80. The maximum absolute atomic E-state index is 11.4. The highest BCUT2D eigenvalue weighted by atomic mass is 32.1. The summed E-state index contributed by atoms with van der Waals surface area (Å²) in [6, 6.07) is 7.63. The highest BCUT2D eigenvalue weighted by molar-refractivity contribution is 7.14. The zero-order valence-electron chi connectivity index (χ0n) is 11.3. The molecule has 0 saturated carbocycles. The minimum Gasteiger partial charge on any atom is -0.378 e. The van der Waals surface area contributed by atoms with Gasteiger partial charge in [0.1, 0.15) is 0 Å². The predicted molar refractivity (Wildman–Crippen MR) is 80.6 cm³/mol. The molecule has 0 unspecified atom stereocenters. The Morgan fingerprint density at radius 1 is 1.35 bits per heavy atom. The Bertz CT molecular complexity index is 618. The number of carbonyl (C=O) groups excluding carboxylic acids is 1. The van der Waals surface area contributed by atoms with Gasteiger partial charge in [-0.2, -0.15) is 0 Å². The average molecular weight is 288 g/mol. The minimum atomic E-state index is 0.0792. The normalized spacial score (nSPS) is 15.3. The van der Waals surface area contributed by atoms with E-state index < -0.39 is 0 Å². The first-order valence-electron chi connectivity index (χ1n) is 6.63. The number of anilines is 1. The van der Waals surface area contributed by atoms with E-state index in [-0.39, 0.29) is 5.78 Å². The quantitative estimate of drug-likeness (QED) is 0.815. The Morgan fingerprint density at radius 2 is 2.15 bits per heavy atom. The van der Waals surface area contributed by atoms with Gasteiger partial charge in [-0.05, 0) is 13.0 Å². The van der Waals surface area contributed by atoms with Gasteiger partial charge in [-0.15, -0.1) is 11.3 Å². The summed E-state index contributed by atoms with van der Waals surface area (Å²) in [4.78, 5) is 18.4. The summed E-state index contributed by atoms with van der Waals surface area (Å²) >= 11 is 1.64. The molecule has 1 saturated heterocycles. The van der Waals surface area contributed by atoms with Crippen LogP contribution in [-0.2, 0) is 4.74 Å². The van der Waals surface area contributed by atoms with Crippen LogP contribution in [0, 0.1) is 0 Å². The summed E-state index contributed by atoms with van der Waals surface area (Å²) in [6.45, 7) is 4.88. The Balaban J connectivity index is 1.85. The van der Waals surface area contributed by atoms with Crippen molar-refractivity contribution in [2.45, 2.75) is 6.92 Å². The third-order valence-electron chi connectivity index (χ3n) is 3.34. The molecule has 1 aliphatic rings. The molecule has 0 aliphatic carbocycles. The molecule has 0 spiro atoms. The molecular formula is C15H16N2O2S. The van der Waals surface area contributed by atoms with E-state index in [0.717, 1.165) is 48.3 Å². The molecule has 1 fully saturated rings. The average Bonchev–Trinajstić information content (AvgIpc) is 2.98. The highest BCUT2D eigenvalue weighted by Gasteiger charge is 2.15. The second-order valence-corrected chi connectivity index (χ2v) is 5.59. The van der Waals surface area contributed by atoms with Gasteiger partial charge in [-0.25, -0.2) is 4.98 Å². The standard InChI is InChI=1S/C15H16N2O2S/c1-11(18)12-3-2-4-13(9-12)14-10-20-15(16-14)17-5-7-19-8-6-17/h2-4,9-10H,5-8H2,1H3. The largest absolute Gasteiger partial charge is 0.378 e. The smallest absolute Gasteiger partial charge is 0.186 e. The van der Waals surface area contributed by atoms with Crippen LogP contribution in [0.5, 0.6) is 0 Å². The fraction of sp³-hybridized carbons (Fsp3) is 0.333. The Hall–Kier alpha value is -1.72. The van der Waals surface area contributed by atoms with E-state index in [2.05, 4.69) is 9.88 Å². The van der Waals surface area contributed by atoms with Gasteiger partial charge in [-0.1, -0.05) is 18.2 Å². The molecule has 0 amide bonds. The topological polar surface area (TPSA) is 42.4 Å². The molecule has 1 aromatic carbocycles. The number of carbonyl (C=O) groups is 1. The highest BCUT2D eigenvalue weighted by Crippen LogP contribution is 2.28. The predicted octanol–water partition coefficient (Wildman–Crippen LogP) is 2.85. The van der Waals surface area contributed by atoms with Crippen molar-refractivity contribution >= 4 is 22.3 Å². The van der Waals surface area contributed by atoms with Gasteiger partial charge in [0.05, 0.1) is 18.9 Å². The summed E-state index contributed by atoms with van der Waals surface area (Å²) in [6.07, 6.45) is 0. The van der Waals surface area contributed by atoms with Crippen molar-refractivity contribution < 1.29 is 9.53 Å². The molecule has 104 valence electrons. The van der Waals surface area contributed by atoms with Crippen LogP contribution in [0.25, 0.3) is 11.3 Å². The first-order chi connectivity index (χ1) is 9.74. The lowest BCUT2D eigenvalue weighted by Gasteiger charge is -2.26. The van der Waals surface area contributed by atoms with Crippen LogP contribution in [0.1, 0.15) is 17.3 Å². The molecule has 1 aromatic heterocycles. The molecule has 0 N–H and O–H groups in total. The van der Waals surface area contributed by atoms with Gasteiger partial charge in [0.2, 0.25) is 0 Å². The number of aromatic nitrogens is 1. The minimum absolute atomic E-state index is 0.0792. The van der Waals surface area contributed by atoms with Crippen LogP contribution >= 0.6 is 11.3 Å². The van der Waals surface area contributed by atoms with Crippen LogP contribution in [0.4, 0.5) is 5.13 Å². The van der Waals surface area contributed by atoms with Crippen LogP contribution < -0.4 is 4.90 Å². The van der Waals surface area contributed by atoms with Crippen molar-refractivity contribution in [3.63, 3.8) is 0 Å². The molecule has 2 heterocycles. The summed E-state index contributed by atoms with van der Waals surface area (Å²) in [5, 5.41) is 3.07. The van der Waals surface area contributed by atoms with Crippen LogP contribution in [-0.4, -0.2) is 37.1 Å². The molecule has 20 heavy (non-hydrogen) atoms. The third-order valence-corrected chi connectivity index (χ3v) is 4.24. The summed E-state index contributed by atoms with van der Waals surface area (Å²) in [5.41, 5.74) is 2.65. The number of morpholine rings is 1. The van der Waals surface area contributed by atoms with Gasteiger partial charge < -0.3 is 9.64 Å². The summed E-state index contributed by atoms with van der Waals surface area (Å²) in [5.74, 6) is 0.0792. The first kappa shape index (κ1) is 13.3. The van der Waals surface area contributed by atoms with E-state index in [1.165, 1.54) is 0 Å². The number of ether oxygens (including phenoxy) is 1. The first-order valence-corrected chi connectivity index (χ1v) is 7.51. The van der Waals surface area contributed by atoms with Crippen molar-refractivity contribution in [1.82, 2.24) is 4.98 Å². The lowest BCUT2D eigenvalue weighted by atomic mass is 10.1. The molecule has 0 radical (unpaired) electrons. The molecule has 1 aliphatic heterocycles. The molecular weight excluding hydrogens is 272 g/mol. The van der Waals surface area contributed by atoms with Crippen LogP contribution in [0.3, 0.4) is 0 Å². The third kappa shape index (κ3) is 2.73. The van der Waals surface area contributed by atoms with Gasteiger partial charge >= 0.3 is 0 Å². The van der Waals surface area contributed by atoms with E-state index in [0.29, 0.717) is 0 Å². The second-order valence-electron chi connectivity index (χ2n) is 4.75. The number of hydrogen-bond acceptors (Lipinski definition) is 5. The molecule has 5 heteroatoms. The number of rotatable bonds is 3. The van der Waals surface area contributed by atoms with Gasteiger partial charge in [0.15, 0.2) is 10.9 Å². The number of ketones is 1. The van der Waals surface area contributed by atoms with E-state index in [1.54, 1.807) is 18.3 Å². The second kappa shape index (κ2) is 5.73. The molecule has 4 nitrogen and oxygen atoms in total. The van der Waals surface area contributed by atoms with Crippen molar-refractivity contribution in [1.29, 1.82) is 0 Å². The van der Waals surface area contributed by atoms with Crippen molar-refractivity contribution in [2.75, 3.05) is 31.2 Å². The van der Waals surface area contributed by atoms with Crippen LogP contribution in [0.15, 0.2) is 29.6 Å². The Morgan fingerprint density at radius 3 is 2.90 bits per heavy atom. The number of Topliss-reactive ketones (excluding diaryl/α,β-unsaturated/α-hetero) is 1. The van der Waals surface area contributed by atoms with Crippen LogP contribution in [0.2, 0.25) is 0 Å². The number of benzene rings is 1. The number of thiazole rings is 1. The van der Waals surface area contributed by atoms with E-state index >= 15 is 0 Å². The molecule has 0 bridgehead atoms. The van der Waals surface area contributed by atoms with Gasteiger partial charge in [0.25, 0.3) is 0 Å². The van der Waals surface area contributed by atoms with Crippen molar-refractivity contribution in [2.24, 2.45) is 0 Å². The van der Waals surface area contributed by atoms with Gasteiger partial charge in [0, 0.05) is 29.6 Å².